The van der Waals surface area contributed by atoms with Gasteiger partial charge in [-0.15, -0.1) is 11.3 Å². The van der Waals surface area contributed by atoms with E-state index in [9.17, 15) is 4.79 Å². The summed E-state index contributed by atoms with van der Waals surface area (Å²) in [6.45, 7) is 1.93. The van der Waals surface area contributed by atoms with E-state index in [0.717, 1.165) is 37.2 Å². The van der Waals surface area contributed by atoms with Gasteiger partial charge in [-0.2, -0.15) is 4.98 Å². The van der Waals surface area contributed by atoms with Gasteiger partial charge in [-0.25, -0.2) is 0 Å². The van der Waals surface area contributed by atoms with Crippen LogP contribution in [0.3, 0.4) is 0 Å². The topological polar surface area (TPSA) is 80.0 Å². The number of hydrogen-bond donors (Lipinski definition) is 2. The summed E-state index contributed by atoms with van der Waals surface area (Å²) in [6, 6.07) is 4.20. The number of carbonyl (C=O) groups is 1. The lowest BCUT2D eigenvalue weighted by molar-refractivity contribution is -0.122. The molecule has 1 aliphatic heterocycles. The highest BCUT2D eigenvalue weighted by molar-refractivity contribution is 7.13. The van der Waals surface area contributed by atoms with Crippen molar-refractivity contribution in [3.8, 4) is 10.7 Å². The molecule has 0 bridgehead atoms. The van der Waals surface area contributed by atoms with Crippen LogP contribution < -0.4 is 10.6 Å². The Labute approximate surface area is 133 Å². The molecule has 1 atom stereocenters. The minimum Gasteiger partial charge on any atom is -0.352 e. The first-order chi connectivity index (χ1) is 10.8. The summed E-state index contributed by atoms with van der Waals surface area (Å²) in [7, 11) is 0. The third kappa shape index (κ3) is 4.14. The van der Waals surface area contributed by atoms with E-state index in [1.54, 1.807) is 11.3 Å². The highest BCUT2D eigenvalue weighted by Gasteiger charge is 2.15. The third-order valence-corrected chi connectivity index (χ3v) is 4.53. The van der Waals surface area contributed by atoms with Crippen molar-refractivity contribution in [3.05, 3.63) is 23.4 Å². The number of rotatable bonds is 6. The third-order valence-electron chi connectivity index (χ3n) is 3.67. The molecule has 22 heavy (non-hydrogen) atoms. The van der Waals surface area contributed by atoms with Crippen LogP contribution in [0.2, 0.25) is 0 Å². The number of amides is 1. The molecule has 0 aliphatic carbocycles. The Morgan fingerprint density at radius 3 is 3.27 bits per heavy atom. The first-order valence-electron chi connectivity index (χ1n) is 7.68. The van der Waals surface area contributed by atoms with Gasteiger partial charge < -0.3 is 15.2 Å². The maximum atomic E-state index is 11.9. The zero-order chi connectivity index (χ0) is 15.2. The monoisotopic (exact) mass is 320 g/mol. The van der Waals surface area contributed by atoms with Crippen LogP contribution >= 0.6 is 11.3 Å². The normalized spacial score (nSPS) is 18.3. The fourth-order valence-corrected chi connectivity index (χ4v) is 3.19. The van der Waals surface area contributed by atoms with E-state index in [1.807, 2.05) is 17.5 Å². The van der Waals surface area contributed by atoms with Crippen molar-refractivity contribution in [2.45, 2.75) is 38.1 Å². The second-order valence-electron chi connectivity index (χ2n) is 5.45. The fourth-order valence-electron chi connectivity index (χ4n) is 2.54. The molecule has 0 radical (unpaired) electrons. The molecule has 6 nitrogen and oxygen atoms in total. The molecule has 1 unspecified atom stereocenters. The molecule has 118 valence electrons. The number of aryl methyl sites for hydroxylation is 1. The Morgan fingerprint density at radius 2 is 2.50 bits per heavy atom. The first-order valence-corrected chi connectivity index (χ1v) is 8.56. The van der Waals surface area contributed by atoms with Gasteiger partial charge in [-0.1, -0.05) is 11.2 Å². The number of hydrogen-bond acceptors (Lipinski definition) is 6. The maximum absolute atomic E-state index is 11.9. The fraction of sp³-hybridized carbons (Fsp3) is 0.533. The Bertz CT molecular complexity index is 590. The highest BCUT2D eigenvalue weighted by Crippen LogP contribution is 2.21. The summed E-state index contributed by atoms with van der Waals surface area (Å²) >= 11 is 1.58. The SMILES string of the molecule is O=C(CCCc1nc(-c2cccs2)no1)NC1CCCNC1. The quantitative estimate of drug-likeness (QED) is 0.851. The molecular formula is C15H20N4O2S. The van der Waals surface area contributed by atoms with E-state index in [1.165, 1.54) is 0 Å². The molecule has 2 N–H and O–H groups in total. The summed E-state index contributed by atoms with van der Waals surface area (Å²) in [6.07, 6.45) is 4.03. The molecule has 1 amide bonds. The minimum atomic E-state index is 0.103. The number of nitrogens with one attached hydrogen (secondary N) is 2. The molecule has 3 heterocycles. The van der Waals surface area contributed by atoms with E-state index < -0.39 is 0 Å². The van der Waals surface area contributed by atoms with Crippen molar-refractivity contribution >= 4 is 17.2 Å². The molecule has 1 saturated heterocycles. The smallest absolute Gasteiger partial charge is 0.226 e. The van der Waals surface area contributed by atoms with Crippen LogP contribution in [0.25, 0.3) is 10.7 Å². The summed E-state index contributed by atoms with van der Waals surface area (Å²) in [5, 5.41) is 12.3. The molecule has 2 aromatic rings. The Morgan fingerprint density at radius 1 is 1.55 bits per heavy atom. The number of carbonyl (C=O) groups excluding carboxylic acids is 1. The lowest BCUT2D eigenvalue weighted by atomic mass is 10.1. The Balaban J connectivity index is 1.40. The van der Waals surface area contributed by atoms with Crippen LogP contribution in [0.5, 0.6) is 0 Å². The molecule has 0 aromatic carbocycles. The Kier molecular flexibility index (Phi) is 5.18. The Hall–Kier alpha value is -1.73. The van der Waals surface area contributed by atoms with Gasteiger partial charge in [0.1, 0.15) is 0 Å². The van der Waals surface area contributed by atoms with Crippen molar-refractivity contribution in [3.63, 3.8) is 0 Å². The summed E-state index contributed by atoms with van der Waals surface area (Å²) in [5.74, 6) is 1.32. The van der Waals surface area contributed by atoms with Gasteiger partial charge in [-0.05, 0) is 37.3 Å². The van der Waals surface area contributed by atoms with E-state index in [2.05, 4.69) is 20.8 Å². The summed E-state index contributed by atoms with van der Waals surface area (Å²) in [5.41, 5.74) is 0. The van der Waals surface area contributed by atoms with Gasteiger partial charge in [0.05, 0.1) is 4.88 Å². The van der Waals surface area contributed by atoms with E-state index in [-0.39, 0.29) is 11.9 Å². The van der Waals surface area contributed by atoms with Gasteiger partial charge in [0.25, 0.3) is 0 Å². The lowest BCUT2D eigenvalue weighted by Crippen LogP contribution is -2.45. The zero-order valence-electron chi connectivity index (χ0n) is 12.4. The van der Waals surface area contributed by atoms with Crippen molar-refractivity contribution in [1.82, 2.24) is 20.8 Å². The van der Waals surface area contributed by atoms with Crippen molar-refractivity contribution < 1.29 is 9.32 Å². The number of aromatic nitrogens is 2. The molecule has 0 saturated carbocycles. The summed E-state index contributed by atoms with van der Waals surface area (Å²) < 4.78 is 5.22. The molecule has 2 aromatic heterocycles. The van der Waals surface area contributed by atoms with Gasteiger partial charge >= 0.3 is 0 Å². The standard InChI is InChI=1S/C15H20N4O2S/c20-13(17-11-4-2-8-16-10-11)6-1-7-14-18-15(19-21-14)12-5-3-9-22-12/h3,5,9,11,16H,1-2,4,6-8,10H2,(H,17,20). The van der Waals surface area contributed by atoms with Crippen LogP contribution in [0, 0.1) is 0 Å². The molecular weight excluding hydrogens is 300 g/mol. The van der Waals surface area contributed by atoms with Crippen molar-refractivity contribution in [2.75, 3.05) is 13.1 Å². The van der Waals surface area contributed by atoms with Crippen LogP contribution in [0.1, 0.15) is 31.6 Å². The van der Waals surface area contributed by atoms with Crippen LogP contribution in [-0.2, 0) is 11.2 Å². The maximum Gasteiger partial charge on any atom is 0.226 e. The van der Waals surface area contributed by atoms with Gasteiger partial charge in [0.15, 0.2) is 0 Å². The molecule has 1 fully saturated rings. The van der Waals surface area contributed by atoms with E-state index >= 15 is 0 Å². The molecule has 1 aliphatic rings. The zero-order valence-corrected chi connectivity index (χ0v) is 13.2. The lowest BCUT2D eigenvalue weighted by Gasteiger charge is -2.23. The predicted molar refractivity (Wildman–Crippen MR) is 84.6 cm³/mol. The predicted octanol–water partition coefficient (Wildman–Crippen LogP) is 1.99. The second kappa shape index (κ2) is 7.51. The van der Waals surface area contributed by atoms with Gasteiger partial charge in [0.2, 0.25) is 17.6 Å². The summed E-state index contributed by atoms with van der Waals surface area (Å²) in [4.78, 5) is 17.2. The molecule has 0 spiro atoms. The van der Waals surface area contributed by atoms with E-state index in [0.29, 0.717) is 24.6 Å². The van der Waals surface area contributed by atoms with Gasteiger partial charge in [-0.3, -0.25) is 4.79 Å². The highest BCUT2D eigenvalue weighted by atomic mass is 32.1. The number of thiophene rings is 1. The van der Waals surface area contributed by atoms with Crippen molar-refractivity contribution in [1.29, 1.82) is 0 Å². The number of piperidine rings is 1. The van der Waals surface area contributed by atoms with Crippen LogP contribution in [0.4, 0.5) is 0 Å². The van der Waals surface area contributed by atoms with Gasteiger partial charge in [0, 0.05) is 25.4 Å². The van der Waals surface area contributed by atoms with Crippen molar-refractivity contribution in [2.24, 2.45) is 0 Å². The average molecular weight is 320 g/mol. The van der Waals surface area contributed by atoms with E-state index in [4.69, 9.17) is 4.52 Å². The molecule has 3 rings (SSSR count). The second-order valence-corrected chi connectivity index (χ2v) is 6.40. The number of nitrogens with zero attached hydrogens (tertiary/aromatic N) is 2. The van der Waals surface area contributed by atoms with Crippen LogP contribution in [-0.4, -0.2) is 35.2 Å². The minimum absolute atomic E-state index is 0.103. The average Bonchev–Trinajstić information content (AvgIpc) is 3.19. The molecule has 7 heteroatoms. The largest absolute Gasteiger partial charge is 0.352 e. The first kappa shape index (κ1) is 15.2. The van der Waals surface area contributed by atoms with Crippen LogP contribution in [0.15, 0.2) is 22.0 Å².